The third-order valence-electron chi connectivity index (χ3n) is 2.48. The van der Waals surface area contributed by atoms with Crippen LogP contribution in [0.2, 0.25) is 0 Å². The van der Waals surface area contributed by atoms with Crippen LogP contribution in [-0.4, -0.2) is 4.37 Å². The summed E-state index contributed by atoms with van der Waals surface area (Å²) in [7, 11) is 3.08. The van der Waals surface area contributed by atoms with Crippen LogP contribution in [0, 0.1) is 0 Å². The molecule has 0 saturated heterocycles. The fraction of sp³-hybridized carbons (Fsp3) is 0. The molecule has 88 valence electrons. The second kappa shape index (κ2) is 5.25. The van der Waals surface area contributed by atoms with E-state index in [4.69, 9.17) is 0 Å². The maximum absolute atomic E-state index is 4.64. The maximum Gasteiger partial charge on any atom is 0.155 e. The largest absolute Gasteiger partial charge is 0.235 e. The van der Waals surface area contributed by atoms with Gasteiger partial charge in [-0.15, -0.1) is 0 Å². The lowest BCUT2D eigenvalue weighted by Gasteiger charge is -1.95. The highest BCUT2D eigenvalue weighted by atomic mass is 32.9. The highest BCUT2D eigenvalue weighted by Crippen LogP contribution is 2.18. The van der Waals surface area contributed by atoms with Gasteiger partial charge in [0, 0.05) is 16.1 Å². The molecule has 0 aliphatic carbocycles. The van der Waals surface area contributed by atoms with Gasteiger partial charge < -0.3 is 0 Å². The number of rotatable bonds is 2. The summed E-state index contributed by atoms with van der Waals surface area (Å²) in [6, 6.07) is 20.1. The predicted octanol–water partition coefficient (Wildman–Crippen LogP) is 4.10. The number of nitrogens with zero attached hydrogens (tertiary/aromatic N) is 2. The average molecular weight is 270 g/mol. The van der Waals surface area contributed by atoms with Gasteiger partial charge in [0.05, 0.1) is 5.69 Å². The van der Waals surface area contributed by atoms with Crippen molar-refractivity contribution in [2.45, 2.75) is 0 Å². The monoisotopic (exact) mass is 270 g/mol. The summed E-state index contributed by atoms with van der Waals surface area (Å²) >= 11 is 0. The Bertz CT molecular complexity index is 684. The van der Waals surface area contributed by atoms with Crippen LogP contribution in [0.5, 0.6) is 0 Å². The summed E-state index contributed by atoms with van der Waals surface area (Å²) in [6.07, 6.45) is 0. The third kappa shape index (κ3) is 2.39. The molecular formula is C14H10N2S2. The molecule has 1 aromatic heterocycles. The van der Waals surface area contributed by atoms with E-state index in [9.17, 15) is 0 Å². The van der Waals surface area contributed by atoms with Crippen LogP contribution in [0.3, 0.4) is 0 Å². The molecule has 0 atom stereocenters. The number of hydrogen-bond acceptors (Lipinski definition) is 4. The van der Waals surface area contributed by atoms with Gasteiger partial charge in [-0.05, 0) is 22.5 Å². The van der Waals surface area contributed by atoms with Gasteiger partial charge in [-0.25, -0.2) is 4.99 Å². The summed E-state index contributed by atoms with van der Waals surface area (Å²) in [5, 5.41) is 0. The predicted molar refractivity (Wildman–Crippen MR) is 77.1 cm³/mol. The van der Waals surface area contributed by atoms with Crippen molar-refractivity contribution >= 4 is 26.6 Å². The number of benzene rings is 2. The molecule has 4 heteroatoms. The minimum absolute atomic E-state index is 0.964. The molecule has 0 unspecified atom stereocenters. The fourth-order valence-corrected chi connectivity index (χ4v) is 3.35. The minimum Gasteiger partial charge on any atom is -0.235 e. The van der Waals surface area contributed by atoms with E-state index in [2.05, 4.69) is 21.5 Å². The van der Waals surface area contributed by atoms with Crippen molar-refractivity contribution in [2.24, 2.45) is 4.99 Å². The van der Waals surface area contributed by atoms with Crippen molar-refractivity contribution in [3.05, 3.63) is 65.3 Å². The molecule has 0 radical (unpaired) electrons. The Balaban J connectivity index is 2.11. The smallest absolute Gasteiger partial charge is 0.155 e. The van der Waals surface area contributed by atoms with Crippen molar-refractivity contribution in [3.63, 3.8) is 0 Å². The Morgan fingerprint density at radius 3 is 2.22 bits per heavy atom. The van der Waals surface area contributed by atoms with Gasteiger partial charge in [-0.1, -0.05) is 48.5 Å². The van der Waals surface area contributed by atoms with Gasteiger partial charge in [0.2, 0.25) is 0 Å². The molecule has 0 fully saturated rings. The quantitative estimate of drug-likeness (QED) is 0.643. The van der Waals surface area contributed by atoms with E-state index in [1.54, 1.807) is 10.3 Å². The minimum atomic E-state index is 0.964. The number of para-hydroxylation sites is 1. The molecule has 0 aliphatic heterocycles. The summed E-state index contributed by atoms with van der Waals surface area (Å²) in [5.74, 6) is 0. The Hall–Kier alpha value is -1.78. The molecule has 2 aromatic carbocycles. The zero-order chi connectivity index (χ0) is 12.2. The van der Waals surface area contributed by atoms with Gasteiger partial charge in [0.25, 0.3) is 0 Å². The van der Waals surface area contributed by atoms with Crippen molar-refractivity contribution in [2.75, 3.05) is 0 Å². The first-order chi connectivity index (χ1) is 8.93. The topological polar surface area (TPSA) is 25.2 Å². The molecular weight excluding hydrogens is 260 g/mol. The van der Waals surface area contributed by atoms with Gasteiger partial charge in [-0.2, -0.15) is 4.37 Å². The van der Waals surface area contributed by atoms with Gasteiger partial charge in [-0.3, -0.25) is 0 Å². The molecule has 0 amide bonds. The summed E-state index contributed by atoms with van der Waals surface area (Å²) in [4.78, 5) is 4.64. The Labute approximate surface area is 112 Å². The highest BCUT2D eigenvalue weighted by molar-refractivity contribution is 7.66. The first kappa shape index (κ1) is 11.3. The molecule has 3 aromatic rings. The molecule has 0 aliphatic rings. The van der Waals surface area contributed by atoms with Crippen molar-refractivity contribution in [1.82, 2.24) is 4.37 Å². The summed E-state index contributed by atoms with van der Waals surface area (Å²) in [6.45, 7) is 0. The van der Waals surface area contributed by atoms with Crippen molar-refractivity contribution < 1.29 is 0 Å². The number of hydrogen-bond donors (Lipinski definition) is 0. The van der Waals surface area contributed by atoms with E-state index in [-0.39, 0.29) is 0 Å². The fourth-order valence-electron chi connectivity index (χ4n) is 1.63. The molecule has 3 rings (SSSR count). The van der Waals surface area contributed by atoms with E-state index in [1.807, 2.05) is 48.5 Å². The standard InChI is InChI=1S/C14H10N2S2/c1-3-7-11(8-4-1)13-14(17-18-16-13)15-12-9-5-2-6-10-12/h1-10H. The van der Waals surface area contributed by atoms with E-state index in [0.29, 0.717) is 0 Å². The Kier molecular flexibility index (Phi) is 3.30. The van der Waals surface area contributed by atoms with Crippen molar-refractivity contribution in [1.29, 1.82) is 0 Å². The van der Waals surface area contributed by atoms with Crippen LogP contribution in [0.4, 0.5) is 5.69 Å². The normalized spacial score (nSPS) is 11.7. The summed E-state index contributed by atoms with van der Waals surface area (Å²) in [5.41, 5.74) is 3.05. The highest BCUT2D eigenvalue weighted by Gasteiger charge is 2.04. The van der Waals surface area contributed by atoms with Crippen LogP contribution >= 0.6 is 20.9 Å². The van der Waals surface area contributed by atoms with Gasteiger partial charge >= 0.3 is 0 Å². The van der Waals surface area contributed by atoms with Crippen LogP contribution in [0.15, 0.2) is 65.7 Å². The third-order valence-corrected chi connectivity index (χ3v) is 4.18. The molecule has 0 spiro atoms. The lowest BCUT2D eigenvalue weighted by Crippen LogP contribution is -1.97. The average Bonchev–Trinajstić information content (AvgIpc) is 2.89. The van der Waals surface area contributed by atoms with Crippen LogP contribution in [0.1, 0.15) is 0 Å². The van der Waals surface area contributed by atoms with E-state index < -0.39 is 0 Å². The van der Waals surface area contributed by atoms with Crippen LogP contribution in [-0.2, 0) is 0 Å². The molecule has 0 saturated carbocycles. The number of aromatic nitrogens is 1. The first-order valence-corrected chi connectivity index (χ1v) is 7.65. The maximum atomic E-state index is 4.64. The summed E-state index contributed by atoms with van der Waals surface area (Å²) < 4.78 is 5.42. The lowest BCUT2D eigenvalue weighted by atomic mass is 10.2. The zero-order valence-electron chi connectivity index (χ0n) is 9.48. The molecule has 2 nitrogen and oxygen atoms in total. The second-order valence-electron chi connectivity index (χ2n) is 3.72. The Morgan fingerprint density at radius 2 is 1.50 bits per heavy atom. The Morgan fingerprint density at radius 1 is 0.833 bits per heavy atom. The molecule has 18 heavy (non-hydrogen) atoms. The van der Waals surface area contributed by atoms with Gasteiger partial charge in [0.1, 0.15) is 5.69 Å². The molecule has 0 bridgehead atoms. The molecule has 1 heterocycles. The van der Waals surface area contributed by atoms with Crippen molar-refractivity contribution in [3.8, 4) is 11.3 Å². The zero-order valence-corrected chi connectivity index (χ0v) is 11.1. The van der Waals surface area contributed by atoms with Crippen LogP contribution in [0.25, 0.3) is 11.3 Å². The molecule has 0 N–H and O–H groups in total. The SMILES string of the molecule is c1ccc(N=c2ssnc2-c2ccccc2)cc1. The van der Waals surface area contributed by atoms with E-state index in [1.165, 1.54) is 10.5 Å². The lowest BCUT2D eigenvalue weighted by molar-refractivity contribution is 1.37. The van der Waals surface area contributed by atoms with E-state index in [0.717, 1.165) is 21.6 Å². The second-order valence-corrected chi connectivity index (χ2v) is 5.55. The van der Waals surface area contributed by atoms with Gasteiger partial charge in [0.15, 0.2) is 4.67 Å². The van der Waals surface area contributed by atoms with E-state index >= 15 is 0 Å². The first-order valence-electron chi connectivity index (χ1n) is 5.55. The van der Waals surface area contributed by atoms with Crippen LogP contribution < -0.4 is 4.67 Å².